The smallest absolute Gasteiger partial charge is 0.00132 e. The molecule has 6 aromatic rings. The molecule has 0 saturated carbocycles. The first kappa shape index (κ1) is 18.4. The number of fused-ring (bicyclic) bond motifs is 5. The second-order valence-corrected chi connectivity index (χ2v) is 8.88. The first-order valence-corrected chi connectivity index (χ1v) is 11.6. The summed E-state index contributed by atoms with van der Waals surface area (Å²) in [5.74, 6) is 0. The number of hydrogen-bond acceptors (Lipinski definition) is 0. The van der Waals surface area contributed by atoms with E-state index in [2.05, 4.69) is 121 Å². The molecule has 0 spiro atoms. The molecule has 0 amide bonds. The Hall–Kier alpha value is -4.16. The highest BCUT2D eigenvalue weighted by Crippen LogP contribution is 2.49. The zero-order chi connectivity index (χ0) is 21.8. The summed E-state index contributed by atoms with van der Waals surface area (Å²) in [7, 11) is 0. The lowest BCUT2D eigenvalue weighted by Gasteiger charge is -2.19. The van der Waals surface area contributed by atoms with Gasteiger partial charge in [-0.05, 0) is 72.5 Å². The highest BCUT2D eigenvalue weighted by Gasteiger charge is 2.24. The van der Waals surface area contributed by atoms with E-state index < -0.39 is 0 Å². The van der Waals surface area contributed by atoms with Gasteiger partial charge in [0.2, 0.25) is 0 Å². The van der Waals surface area contributed by atoms with Gasteiger partial charge in [-0.3, -0.25) is 0 Å². The molecule has 154 valence electrons. The molecule has 6 aromatic carbocycles. The fourth-order valence-electron chi connectivity index (χ4n) is 5.73. The van der Waals surface area contributed by atoms with Gasteiger partial charge in [0.25, 0.3) is 0 Å². The van der Waals surface area contributed by atoms with Crippen molar-refractivity contribution in [2.45, 2.75) is 6.42 Å². The van der Waals surface area contributed by atoms with Crippen molar-refractivity contribution >= 4 is 21.5 Å². The first-order chi connectivity index (χ1) is 16.4. The molecule has 0 aliphatic heterocycles. The Morgan fingerprint density at radius 1 is 0.333 bits per heavy atom. The average Bonchev–Trinajstić information content (AvgIpc) is 3.27. The Morgan fingerprint density at radius 2 is 0.848 bits per heavy atom. The maximum Gasteiger partial charge on any atom is -0.00132 e. The fraction of sp³-hybridized carbons (Fsp3) is 0.0303. The minimum absolute atomic E-state index is 1.01. The van der Waals surface area contributed by atoms with Crippen LogP contribution in [0.3, 0.4) is 0 Å². The Morgan fingerprint density at radius 3 is 1.55 bits per heavy atom. The van der Waals surface area contributed by atoms with Crippen molar-refractivity contribution in [2.75, 3.05) is 0 Å². The lowest BCUT2D eigenvalue weighted by molar-refractivity contribution is 1.26. The summed E-state index contributed by atoms with van der Waals surface area (Å²) < 4.78 is 0. The van der Waals surface area contributed by atoms with Crippen molar-refractivity contribution < 1.29 is 0 Å². The lowest BCUT2D eigenvalue weighted by atomic mass is 9.84. The van der Waals surface area contributed by atoms with Crippen LogP contribution in [-0.2, 0) is 6.42 Å². The van der Waals surface area contributed by atoms with E-state index >= 15 is 0 Å². The van der Waals surface area contributed by atoms with Crippen molar-refractivity contribution in [3.8, 4) is 33.4 Å². The van der Waals surface area contributed by atoms with Gasteiger partial charge in [-0.1, -0.05) is 121 Å². The Balaban J connectivity index is 1.66. The van der Waals surface area contributed by atoms with Gasteiger partial charge in [0.05, 0.1) is 0 Å². The highest BCUT2D eigenvalue weighted by molar-refractivity contribution is 6.22. The molecule has 0 nitrogen and oxygen atoms in total. The summed E-state index contributed by atoms with van der Waals surface area (Å²) in [6.07, 6.45) is 1.01. The molecule has 0 bridgehead atoms. The summed E-state index contributed by atoms with van der Waals surface area (Å²) in [6.45, 7) is 0. The summed E-state index contributed by atoms with van der Waals surface area (Å²) >= 11 is 0. The topological polar surface area (TPSA) is 0 Å². The minimum Gasteiger partial charge on any atom is -0.0622 e. The van der Waals surface area contributed by atoms with Gasteiger partial charge in [0.15, 0.2) is 0 Å². The third-order valence-electron chi connectivity index (χ3n) is 7.08. The van der Waals surface area contributed by atoms with Crippen molar-refractivity contribution in [3.63, 3.8) is 0 Å². The largest absolute Gasteiger partial charge is 0.0622 e. The molecule has 1 aliphatic rings. The SMILES string of the molecule is c1ccc(-c2c3ccccc3c(-c3cccc4c3-c3ccccc3C4)c3ccccc23)cc1. The van der Waals surface area contributed by atoms with Crippen LogP contribution in [0.25, 0.3) is 54.9 Å². The third-order valence-corrected chi connectivity index (χ3v) is 7.08. The molecule has 0 heterocycles. The van der Waals surface area contributed by atoms with Gasteiger partial charge in [0, 0.05) is 0 Å². The Kier molecular flexibility index (Phi) is 4.01. The first-order valence-electron chi connectivity index (χ1n) is 11.6. The van der Waals surface area contributed by atoms with Crippen LogP contribution in [-0.4, -0.2) is 0 Å². The summed E-state index contributed by atoms with van der Waals surface area (Å²) in [6, 6.07) is 44.4. The highest BCUT2D eigenvalue weighted by atomic mass is 14.3. The van der Waals surface area contributed by atoms with E-state index in [4.69, 9.17) is 0 Å². The van der Waals surface area contributed by atoms with E-state index in [0.29, 0.717) is 0 Å². The maximum absolute atomic E-state index is 2.32. The fourth-order valence-corrected chi connectivity index (χ4v) is 5.73. The molecule has 0 saturated heterocycles. The van der Waals surface area contributed by atoms with E-state index in [1.54, 1.807) is 0 Å². The van der Waals surface area contributed by atoms with Crippen LogP contribution in [0.15, 0.2) is 121 Å². The molecule has 0 aromatic heterocycles. The zero-order valence-corrected chi connectivity index (χ0v) is 18.3. The predicted molar refractivity (Wildman–Crippen MR) is 141 cm³/mol. The average molecular weight is 419 g/mol. The van der Waals surface area contributed by atoms with Crippen LogP contribution in [0.1, 0.15) is 11.1 Å². The Bertz CT molecular complexity index is 1620. The molecular weight excluding hydrogens is 396 g/mol. The number of benzene rings is 6. The molecule has 0 fully saturated rings. The van der Waals surface area contributed by atoms with Gasteiger partial charge in [-0.2, -0.15) is 0 Å². The van der Waals surface area contributed by atoms with Gasteiger partial charge in [0.1, 0.15) is 0 Å². The van der Waals surface area contributed by atoms with Gasteiger partial charge < -0.3 is 0 Å². The van der Waals surface area contributed by atoms with Gasteiger partial charge >= 0.3 is 0 Å². The maximum atomic E-state index is 2.32. The monoisotopic (exact) mass is 418 g/mol. The van der Waals surface area contributed by atoms with Crippen molar-refractivity contribution in [1.82, 2.24) is 0 Å². The molecule has 0 atom stereocenters. The number of rotatable bonds is 2. The zero-order valence-electron chi connectivity index (χ0n) is 18.3. The van der Waals surface area contributed by atoms with Crippen LogP contribution in [0.2, 0.25) is 0 Å². The molecule has 0 unspecified atom stereocenters. The lowest BCUT2D eigenvalue weighted by Crippen LogP contribution is -1.92. The minimum atomic E-state index is 1.01. The molecule has 1 aliphatic carbocycles. The molecular formula is C33H22. The van der Waals surface area contributed by atoms with Crippen molar-refractivity contribution in [3.05, 3.63) is 132 Å². The van der Waals surface area contributed by atoms with Crippen LogP contribution in [0.5, 0.6) is 0 Å². The normalized spacial score (nSPS) is 12.1. The molecule has 0 heteroatoms. The molecule has 0 N–H and O–H groups in total. The van der Waals surface area contributed by atoms with Crippen molar-refractivity contribution in [2.24, 2.45) is 0 Å². The van der Waals surface area contributed by atoms with E-state index in [9.17, 15) is 0 Å². The third kappa shape index (κ3) is 2.71. The quantitative estimate of drug-likeness (QED) is 0.246. The molecule has 33 heavy (non-hydrogen) atoms. The van der Waals surface area contributed by atoms with E-state index in [1.165, 1.54) is 66.1 Å². The van der Waals surface area contributed by atoms with Crippen LogP contribution >= 0.6 is 0 Å². The van der Waals surface area contributed by atoms with E-state index in [1.807, 2.05) is 0 Å². The number of hydrogen-bond donors (Lipinski definition) is 0. The molecule has 0 radical (unpaired) electrons. The summed E-state index contributed by atoms with van der Waals surface area (Å²) in [5.41, 5.74) is 10.9. The summed E-state index contributed by atoms with van der Waals surface area (Å²) in [5, 5.41) is 5.24. The molecule has 7 rings (SSSR count). The van der Waals surface area contributed by atoms with Crippen molar-refractivity contribution in [1.29, 1.82) is 0 Å². The van der Waals surface area contributed by atoms with E-state index in [0.717, 1.165) is 6.42 Å². The Labute approximate surface area is 193 Å². The van der Waals surface area contributed by atoms with Gasteiger partial charge in [-0.25, -0.2) is 0 Å². The predicted octanol–water partition coefficient (Wildman–Crippen LogP) is 8.90. The van der Waals surface area contributed by atoms with Gasteiger partial charge in [-0.15, -0.1) is 0 Å². The van der Waals surface area contributed by atoms with Crippen LogP contribution < -0.4 is 0 Å². The summed E-state index contributed by atoms with van der Waals surface area (Å²) in [4.78, 5) is 0. The van der Waals surface area contributed by atoms with Crippen LogP contribution in [0, 0.1) is 0 Å². The second-order valence-electron chi connectivity index (χ2n) is 8.88. The second kappa shape index (κ2) is 7.18. The van der Waals surface area contributed by atoms with Crippen LogP contribution in [0.4, 0.5) is 0 Å². The standard InChI is InChI=1S/C33H22/c1-2-11-22(12-3-1)31-26-16-6-8-18-28(26)33(29-19-9-7-17-27(29)31)30-20-10-14-24-21-23-13-4-5-15-25(23)32(24)30/h1-20H,21H2. The van der Waals surface area contributed by atoms with E-state index in [-0.39, 0.29) is 0 Å².